The second-order valence-corrected chi connectivity index (χ2v) is 7.24. The monoisotopic (exact) mass is 362 g/mol. The smallest absolute Gasteiger partial charge is 0.406 e. The van der Waals surface area contributed by atoms with Gasteiger partial charge in [-0.05, 0) is 25.2 Å². The van der Waals surface area contributed by atoms with Crippen LogP contribution in [0.2, 0.25) is 0 Å². The first-order chi connectivity index (χ1) is 11.7. The molecule has 2 aliphatic heterocycles. The average Bonchev–Trinajstić information content (AvgIpc) is 3.06. The van der Waals surface area contributed by atoms with E-state index in [1.807, 2.05) is 0 Å². The van der Waals surface area contributed by atoms with Gasteiger partial charge in [0.2, 0.25) is 11.8 Å². The molecule has 1 aliphatic carbocycles. The van der Waals surface area contributed by atoms with Gasteiger partial charge in [0.15, 0.2) is 0 Å². The van der Waals surface area contributed by atoms with Gasteiger partial charge in [-0.15, -0.1) is 0 Å². The molecular formula is C16H21F3N2O4. The van der Waals surface area contributed by atoms with Gasteiger partial charge in [-0.3, -0.25) is 9.59 Å². The highest BCUT2D eigenvalue weighted by molar-refractivity contribution is 5.92. The summed E-state index contributed by atoms with van der Waals surface area (Å²) in [5.74, 6) is -3.04. The second-order valence-electron chi connectivity index (χ2n) is 7.24. The van der Waals surface area contributed by atoms with Crippen molar-refractivity contribution in [2.75, 3.05) is 13.1 Å². The molecule has 0 aromatic heterocycles. The van der Waals surface area contributed by atoms with E-state index in [1.54, 1.807) is 0 Å². The standard InChI is InChI=1S/C16H21F3N2O4/c17-16(18,19)8-20-7-10(6-13(20)22)14(23)21-11-4-2-1-3-9(11)5-12(21)15(24)25/h9-12H,1-8H2,(H,24,25)/t9-,10-,11-,12-/m0/s1. The lowest BCUT2D eigenvalue weighted by Gasteiger charge is -2.34. The molecule has 3 aliphatic rings. The van der Waals surface area contributed by atoms with Crippen LogP contribution in [0.1, 0.15) is 38.5 Å². The summed E-state index contributed by atoms with van der Waals surface area (Å²) in [5, 5.41) is 9.46. The Balaban J connectivity index is 1.74. The normalized spacial score (nSPS) is 32.8. The van der Waals surface area contributed by atoms with Crippen molar-refractivity contribution in [1.82, 2.24) is 9.80 Å². The van der Waals surface area contributed by atoms with Crippen LogP contribution < -0.4 is 0 Å². The molecule has 9 heteroatoms. The van der Waals surface area contributed by atoms with Crippen LogP contribution in [0.4, 0.5) is 13.2 Å². The van der Waals surface area contributed by atoms with Gasteiger partial charge in [-0.2, -0.15) is 13.2 Å². The lowest BCUT2D eigenvalue weighted by atomic mass is 9.84. The van der Waals surface area contributed by atoms with Gasteiger partial charge in [0, 0.05) is 19.0 Å². The topological polar surface area (TPSA) is 77.9 Å². The third-order valence-electron chi connectivity index (χ3n) is 5.56. The average molecular weight is 362 g/mol. The lowest BCUT2D eigenvalue weighted by Crippen LogP contribution is -2.49. The Morgan fingerprint density at radius 3 is 2.52 bits per heavy atom. The number of hydrogen-bond acceptors (Lipinski definition) is 3. The Morgan fingerprint density at radius 1 is 1.20 bits per heavy atom. The number of carboxylic acids is 1. The number of halogens is 3. The van der Waals surface area contributed by atoms with Gasteiger partial charge in [0.05, 0.1) is 5.92 Å². The number of carbonyl (C=O) groups excluding carboxylic acids is 2. The molecule has 1 N–H and O–H groups in total. The van der Waals surface area contributed by atoms with Crippen LogP contribution in [0.3, 0.4) is 0 Å². The van der Waals surface area contributed by atoms with Gasteiger partial charge in [-0.1, -0.05) is 12.8 Å². The van der Waals surface area contributed by atoms with Crippen LogP contribution in [-0.4, -0.2) is 64.0 Å². The minimum Gasteiger partial charge on any atom is -0.480 e. The molecule has 0 unspecified atom stereocenters. The minimum absolute atomic E-state index is 0.127. The van der Waals surface area contributed by atoms with Gasteiger partial charge < -0.3 is 14.9 Å². The van der Waals surface area contributed by atoms with E-state index in [4.69, 9.17) is 0 Å². The molecule has 3 fully saturated rings. The molecule has 0 aromatic carbocycles. The maximum Gasteiger partial charge on any atom is 0.406 e. The number of carboxylic acid groups (broad SMARTS) is 1. The van der Waals surface area contributed by atoms with Crippen molar-refractivity contribution in [1.29, 1.82) is 0 Å². The predicted molar refractivity (Wildman–Crippen MR) is 79.4 cm³/mol. The molecule has 0 radical (unpaired) electrons. The van der Waals surface area contributed by atoms with Crippen molar-refractivity contribution in [2.45, 2.75) is 56.8 Å². The number of nitrogens with zero attached hydrogens (tertiary/aromatic N) is 2. The molecule has 1 saturated carbocycles. The molecular weight excluding hydrogens is 341 g/mol. The molecule has 0 bridgehead atoms. The van der Waals surface area contributed by atoms with E-state index in [9.17, 15) is 32.7 Å². The fraction of sp³-hybridized carbons (Fsp3) is 0.812. The summed E-state index contributed by atoms with van der Waals surface area (Å²) >= 11 is 0. The largest absolute Gasteiger partial charge is 0.480 e. The summed E-state index contributed by atoms with van der Waals surface area (Å²) in [5.41, 5.74) is 0. The third-order valence-corrected chi connectivity index (χ3v) is 5.56. The van der Waals surface area contributed by atoms with E-state index in [1.165, 1.54) is 4.90 Å². The number of alkyl halides is 3. The molecule has 0 spiro atoms. The zero-order chi connectivity index (χ0) is 18.4. The maximum atomic E-state index is 12.9. The van der Waals surface area contributed by atoms with Crippen LogP contribution >= 0.6 is 0 Å². The van der Waals surface area contributed by atoms with E-state index in [0.29, 0.717) is 17.7 Å². The summed E-state index contributed by atoms with van der Waals surface area (Å²) in [6, 6.07) is -1.11. The highest BCUT2D eigenvalue weighted by Crippen LogP contribution is 2.41. The fourth-order valence-corrected chi connectivity index (χ4v) is 4.52. The molecule has 6 nitrogen and oxygen atoms in total. The van der Waals surface area contributed by atoms with E-state index in [-0.39, 0.29) is 24.9 Å². The number of aliphatic carboxylic acids is 1. The van der Waals surface area contributed by atoms with Crippen molar-refractivity contribution in [2.24, 2.45) is 11.8 Å². The SMILES string of the molecule is O=C(O)[C@@H]1C[C@@H]2CCCC[C@@H]2N1C(=O)[C@H]1CC(=O)N(CC(F)(F)F)C1. The van der Waals surface area contributed by atoms with Gasteiger partial charge in [-0.25, -0.2) is 4.79 Å². The number of hydrogen-bond donors (Lipinski definition) is 1. The van der Waals surface area contributed by atoms with E-state index < -0.39 is 42.5 Å². The molecule has 2 saturated heterocycles. The van der Waals surface area contributed by atoms with Crippen LogP contribution in [0.5, 0.6) is 0 Å². The summed E-state index contributed by atoms with van der Waals surface area (Å²) in [6.45, 7) is -1.67. The van der Waals surface area contributed by atoms with Gasteiger partial charge in [0.25, 0.3) is 0 Å². The van der Waals surface area contributed by atoms with Crippen molar-refractivity contribution >= 4 is 17.8 Å². The van der Waals surface area contributed by atoms with Crippen molar-refractivity contribution in [3.63, 3.8) is 0 Å². The number of rotatable bonds is 3. The number of fused-ring (bicyclic) bond motifs is 1. The van der Waals surface area contributed by atoms with Gasteiger partial charge in [0.1, 0.15) is 12.6 Å². The summed E-state index contributed by atoms with van der Waals surface area (Å²) in [7, 11) is 0. The number of amides is 2. The zero-order valence-electron chi connectivity index (χ0n) is 13.7. The van der Waals surface area contributed by atoms with Crippen molar-refractivity contribution < 1.29 is 32.7 Å². The van der Waals surface area contributed by atoms with Gasteiger partial charge >= 0.3 is 12.1 Å². The Labute approximate surface area is 142 Å². The minimum atomic E-state index is -4.51. The molecule has 2 amide bonds. The molecule has 3 rings (SSSR count). The summed E-state index contributed by atoms with van der Waals surface area (Å²) < 4.78 is 37.6. The van der Waals surface area contributed by atoms with Crippen molar-refractivity contribution in [3.8, 4) is 0 Å². The highest BCUT2D eigenvalue weighted by atomic mass is 19.4. The molecule has 25 heavy (non-hydrogen) atoms. The molecule has 2 heterocycles. The van der Waals surface area contributed by atoms with Crippen LogP contribution in [-0.2, 0) is 14.4 Å². The summed E-state index contributed by atoms with van der Waals surface area (Å²) in [6.07, 6.45) is -0.930. The zero-order valence-corrected chi connectivity index (χ0v) is 13.7. The number of likely N-dealkylation sites (tertiary alicyclic amines) is 2. The number of carbonyl (C=O) groups is 3. The lowest BCUT2D eigenvalue weighted by molar-refractivity contribution is -0.157. The Bertz CT molecular complexity index is 580. The molecule has 0 aromatic rings. The maximum absolute atomic E-state index is 12.9. The summed E-state index contributed by atoms with van der Waals surface area (Å²) in [4.78, 5) is 38.3. The third kappa shape index (κ3) is 3.59. The van der Waals surface area contributed by atoms with Crippen LogP contribution in [0, 0.1) is 11.8 Å². The highest BCUT2D eigenvalue weighted by Gasteiger charge is 2.50. The first-order valence-corrected chi connectivity index (χ1v) is 8.57. The van der Waals surface area contributed by atoms with Crippen LogP contribution in [0.25, 0.3) is 0 Å². The fourth-order valence-electron chi connectivity index (χ4n) is 4.52. The first kappa shape index (κ1) is 18.0. The Kier molecular flexibility index (Phi) is 4.68. The van der Waals surface area contributed by atoms with Crippen LogP contribution in [0.15, 0.2) is 0 Å². The van der Waals surface area contributed by atoms with E-state index in [0.717, 1.165) is 19.3 Å². The Morgan fingerprint density at radius 2 is 1.88 bits per heavy atom. The molecule has 4 atom stereocenters. The van der Waals surface area contributed by atoms with Crippen molar-refractivity contribution in [3.05, 3.63) is 0 Å². The molecule has 140 valence electrons. The second kappa shape index (κ2) is 6.49. The Hall–Kier alpha value is -1.80. The predicted octanol–water partition coefficient (Wildman–Crippen LogP) is 1.64. The van der Waals surface area contributed by atoms with E-state index in [2.05, 4.69) is 0 Å². The first-order valence-electron chi connectivity index (χ1n) is 8.57. The van der Waals surface area contributed by atoms with E-state index >= 15 is 0 Å². The quantitative estimate of drug-likeness (QED) is 0.828.